The molecule has 1 aromatic heterocycles. The van der Waals surface area contributed by atoms with Gasteiger partial charge in [-0.15, -0.1) is 0 Å². The summed E-state index contributed by atoms with van der Waals surface area (Å²) in [5.41, 5.74) is 0.311. The number of esters is 1. The van der Waals surface area contributed by atoms with Crippen molar-refractivity contribution in [3.63, 3.8) is 0 Å². The third-order valence-electron chi connectivity index (χ3n) is 6.21. The van der Waals surface area contributed by atoms with Gasteiger partial charge >= 0.3 is 18.2 Å². The molecule has 170 valence electrons. The number of nitrogens with one attached hydrogen (secondary N) is 1. The number of amides is 2. The second-order valence-corrected chi connectivity index (χ2v) is 8.32. The third kappa shape index (κ3) is 4.39. The van der Waals surface area contributed by atoms with E-state index in [1.54, 1.807) is 24.0 Å². The zero-order valence-electron chi connectivity index (χ0n) is 17.6. The van der Waals surface area contributed by atoms with Crippen molar-refractivity contribution >= 4 is 17.9 Å². The minimum atomic E-state index is -4.38. The van der Waals surface area contributed by atoms with Gasteiger partial charge in [0.15, 0.2) is 5.69 Å². The molecule has 1 N–H and O–H groups in total. The van der Waals surface area contributed by atoms with E-state index in [0.717, 1.165) is 6.07 Å². The number of anilines is 1. The predicted molar refractivity (Wildman–Crippen MR) is 109 cm³/mol. The first kappa shape index (κ1) is 22.0. The third-order valence-corrected chi connectivity index (χ3v) is 6.21. The van der Waals surface area contributed by atoms with Gasteiger partial charge in [-0.2, -0.15) is 13.2 Å². The van der Waals surface area contributed by atoms with Crippen molar-refractivity contribution in [3.05, 3.63) is 52.8 Å². The fourth-order valence-corrected chi connectivity index (χ4v) is 4.84. The standard InChI is InChI=1S/C22H23F3N4O3/c1-12-7-18(19(30)32-2)27-20(26-12)28-21(31)29-10-14-8-13(9-15(14)11-29)16-5-3-4-6-17(16)22(23,24)25/h3-7,13-15H,8-11H2,1-2H3,(H,26,27,28,31)/t13-,14-,15+. The topological polar surface area (TPSA) is 84.4 Å². The molecule has 10 heteroatoms. The lowest BCUT2D eigenvalue weighted by atomic mass is 9.91. The van der Waals surface area contributed by atoms with E-state index in [1.807, 2.05) is 0 Å². The maximum absolute atomic E-state index is 13.4. The molecule has 4 rings (SSSR count). The van der Waals surface area contributed by atoms with Gasteiger partial charge in [0.1, 0.15) is 0 Å². The van der Waals surface area contributed by atoms with Gasteiger partial charge in [-0.25, -0.2) is 19.6 Å². The number of likely N-dealkylation sites (tertiary alicyclic amines) is 1. The zero-order chi connectivity index (χ0) is 23.0. The van der Waals surface area contributed by atoms with Gasteiger partial charge in [0.2, 0.25) is 5.95 Å². The van der Waals surface area contributed by atoms with Crippen molar-refractivity contribution in [1.82, 2.24) is 14.9 Å². The number of benzene rings is 1. The Morgan fingerprint density at radius 1 is 1.12 bits per heavy atom. The predicted octanol–water partition coefficient (Wildman–Crippen LogP) is 4.25. The summed E-state index contributed by atoms with van der Waals surface area (Å²) in [7, 11) is 1.24. The molecule has 0 bridgehead atoms. The molecule has 0 spiro atoms. The van der Waals surface area contributed by atoms with Gasteiger partial charge in [0.05, 0.1) is 12.7 Å². The Balaban J connectivity index is 1.41. The van der Waals surface area contributed by atoms with E-state index in [1.165, 1.54) is 19.2 Å². The Morgan fingerprint density at radius 2 is 1.78 bits per heavy atom. The number of halogens is 3. The maximum Gasteiger partial charge on any atom is 0.416 e. The van der Waals surface area contributed by atoms with Crippen LogP contribution in [-0.4, -0.2) is 47.1 Å². The highest BCUT2D eigenvalue weighted by atomic mass is 19.4. The fraction of sp³-hybridized carbons (Fsp3) is 0.455. The van der Waals surface area contributed by atoms with Crippen LogP contribution in [0.1, 0.15) is 46.1 Å². The van der Waals surface area contributed by atoms with Crippen LogP contribution < -0.4 is 5.32 Å². The van der Waals surface area contributed by atoms with Crippen molar-refractivity contribution in [2.75, 3.05) is 25.5 Å². The summed E-state index contributed by atoms with van der Waals surface area (Å²) < 4.78 is 44.8. The first-order chi connectivity index (χ1) is 15.2. The summed E-state index contributed by atoms with van der Waals surface area (Å²) in [6.45, 7) is 2.58. The van der Waals surface area contributed by atoms with Crippen LogP contribution in [0.4, 0.5) is 23.9 Å². The number of urea groups is 1. The molecule has 2 fully saturated rings. The van der Waals surface area contributed by atoms with E-state index in [-0.39, 0.29) is 29.4 Å². The molecule has 3 atom stereocenters. The van der Waals surface area contributed by atoms with Gasteiger partial charge in [0.25, 0.3) is 0 Å². The van der Waals surface area contributed by atoms with Crippen LogP contribution in [0.15, 0.2) is 30.3 Å². The minimum absolute atomic E-state index is 0.00411. The van der Waals surface area contributed by atoms with Crippen LogP contribution >= 0.6 is 0 Å². The summed E-state index contributed by atoms with van der Waals surface area (Å²) in [4.78, 5) is 34.2. The quantitative estimate of drug-likeness (QED) is 0.710. The SMILES string of the molecule is COC(=O)c1cc(C)nc(NC(=O)N2C[C@H]3C[C@@H](c4ccccc4C(F)(F)F)C[C@H]3C2)n1. The molecule has 1 aromatic carbocycles. The van der Waals surface area contributed by atoms with Crippen LogP contribution in [0.3, 0.4) is 0 Å². The van der Waals surface area contributed by atoms with Crippen molar-refractivity contribution in [1.29, 1.82) is 0 Å². The normalized spacial score (nSPS) is 22.5. The highest BCUT2D eigenvalue weighted by Gasteiger charge is 2.45. The summed E-state index contributed by atoms with van der Waals surface area (Å²) in [5.74, 6) is -0.528. The van der Waals surface area contributed by atoms with Crippen LogP contribution in [0.5, 0.6) is 0 Å². The van der Waals surface area contributed by atoms with E-state index < -0.39 is 23.7 Å². The Hall–Kier alpha value is -3.17. The van der Waals surface area contributed by atoms with E-state index in [9.17, 15) is 22.8 Å². The molecule has 32 heavy (non-hydrogen) atoms. The highest BCUT2D eigenvalue weighted by Crippen LogP contribution is 2.48. The summed E-state index contributed by atoms with van der Waals surface area (Å²) in [6, 6.07) is 6.81. The smallest absolute Gasteiger partial charge is 0.416 e. The molecule has 2 aromatic rings. The average Bonchev–Trinajstić information content (AvgIpc) is 3.31. The molecule has 0 radical (unpaired) electrons. The van der Waals surface area contributed by atoms with Gasteiger partial charge in [0, 0.05) is 18.8 Å². The number of carbonyl (C=O) groups excluding carboxylic acids is 2. The number of rotatable bonds is 3. The molecule has 1 saturated carbocycles. The van der Waals surface area contributed by atoms with Gasteiger partial charge in [-0.3, -0.25) is 5.32 Å². The van der Waals surface area contributed by atoms with Gasteiger partial charge in [-0.1, -0.05) is 18.2 Å². The van der Waals surface area contributed by atoms with Crippen LogP contribution in [0.25, 0.3) is 0 Å². The van der Waals surface area contributed by atoms with Gasteiger partial charge in [-0.05, 0) is 55.2 Å². The number of aromatic nitrogens is 2. The number of ether oxygens (including phenoxy) is 1. The fourth-order valence-electron chi connectivity index (χ4n) is 4.84. The summed E-state index contributed by atoms with van der Waals surface area (Å²) in [6.07, 6.45) is -3.17. The molecular weight excluding hydrogens is 425 g/mol. The lowest BCUT2D eigenvalue weighted by Gasteiger charge is -2.21. The zero-order valence-corrected chi connectivity index (χ0v) is 17.6. The van der Waals surface area contributed by atoms with E-state index >= 15 is 0 Å². The number of hydrogen-bond acceptors (Lipinski definition) is 5. The number of aryl methyl sites for hydroxylation is 1. The van der Waals surface area contributed by atoms with E-state index in [4.69, 9.17) is 0 Å². The van der Waals surface area contributed by atoms with Crippen LogP contribution in [0.2, 0.25) is 0 Å². The number of nitrogens with zero attached hydrogens (tertiary/aromatic N) is 3. The second kappa shape index (κ2) is 8.40. The van der Waals surface area contributed by atoms with E-state index in [2.05, 4.69) is 20.0 Å². The number of carbonyl (C=O) groups is 2. The number of fused-ring (bicyclic) bond motifs is 1. The average molecular weight is 448 g/mol. The first-order valence-corrected chi connectivity index (χ1v) is 10.3. The van der Waals surface area contributed by atoms with Crippen LogP contribution in [0, 0.1) is 18.8 Å². The molecule has 2 heterocycles. The minimum Gasteiger partial charge on any atom is -0.464 e. The Bertz CT molecular complexity index is 1030. The summed E-state index contributed by atoms with van der Waals surface area (Å²) >= 11 is 0. The second-order valence-electron chi connectivity index (χ2n) is 8.32. The monoisotopic (exact) mass is 448 g/mol. The van der Waals surface area contributed by atoms with Crippen molar-refractivity contribution in [3.8, 4) is 0 Å². The summed E-state index contributed by atoms with van der Waals surface area (Å²) in [5, 5.41) is 2.61. The van der Waals surface area contributed by atoms with E-state index in [0.29, 0.717) is 37.2 Å². The first-order valence-electron chi connectivity index (χ1n) is 10.3. The highest BCUT2D eigenvalue weighted by molar-refractivity contribution is 5.90. The Kier molecular flexibility index (Phi) is 5.79. The number of alkyl halides is 3. The van der Waals surface area contributed by atoms with Crippen molar-refractivity contribution < 1.29 is 27.5 Å². The maximum atomic E-state index is 13.4. The Labute approximate surface area is 183 Å². The van der Waals surface area contributed by atoms with Crippen molar-refractivity contribution in [2.45, 2.75) is 31.9 Å². The van der Waals surface area contributed by atoms with Crippen LogP contribution in [-0.2, 0) is 10.9 Å². The molecule has 1 aliphatic heterocycles. The molecule has 2 aliphatic rings. The molecule has 2 amide bonds. The molecule has 0 unspecified atom stereocenters. The number of hydrogen-bond donors (Lipinski definition) is 1. The van der Waals surface area contributed by atoms with Gasteiger partial charge < -0.3 is 9.64 Å². The molecule has 1 aliphatic carbocycles. The molecular formula is C22H23F3N4O3. The van der Waals surface area contributed by atoms with Crippen molar-refractivity contribution in [2.24, 2.45) is 11.8 Å². The Morgan fingerprint density at radius 3 is 2.41 bits per heavy atom. The largest absolute Gasteiger partial charge is 0.464 e. The molecule has 7 nitrogen and oxygen atoms in total. The number of methoxy groups -OCH3 is 1. The molecule has 1 saturated heterocycles. The lowest BCUT2D eigenvalue weighted by molar-refractivity contribution is -0.138. The lowest BCUT2D eigenvalue weighted by Crippen LogP contribution is -2.34.